The van der Waals surface area contributed by atoms with E-state index in [0.29, 0.717) is 0 Å². The van der Waals surface area contributed by atoms with Crippen molar-refractivity contribution in [2.24, 2.45) is 0 Å². The van der Waals surface area contributed by atoms with Crippen LogP contribution in [0.5, 0.6) is 0 Å². The smallest absolute Gasteiger partial charge is 0.303 e. The Balaban J connectivity index is 2.89. The van der Waals surface area contributed by atoms with Gasteiger partial charge >= 0.3 is 5.97 Å². The molecule has 0 atom stereocenters. The van der Waals surface area contributed by atoms with Crippen LogP contribution in [0.1, 0.15) is 26.3 Å². The summed E-state index contributed by atoms with van der Waals surface area (Å²) in [6, 6.07) is 8.06. The molecule has 0 saturated heterocycles. The molecule has 15 heavy (non-hydrogen) atoms. The lowest BCUT2D eigenvalue weighted by Crippen LogP contribution is -2.24. The minimum atomic E-state index is -0.553. The van der Waals surface area contributed by atoms with Crippen molar-refractivity contribution >= 4 is 17.7 Å². The van der Waals surface area contributed by atoms with E-state index in [1.807, 2.05) is 44.4 Å². The summed E-state index contributed by atoms with van der Waals surface area (Å²) in [6.07, 6.45) is 2.03. The first-order valence-corrected chi connectivity index (χ1v) is 6.02. The normalized spacial score (nSPS) is 11.2. The molecule has 1 rings (SSSR count). The predicted octanol–water partition coefficient (Wildman–Crippen LogP) is 3.21. The largest absolute Gasteiger partial charge is 0.455 e. The van der Waals surface area contributed by atoms with Gasteiger partial charge in [0.05, 0.1) is 0 Å². The number of carbonyl (C=O) groups is 1. The first-order valence-electron chi connectivity index (χ1n) is 4.80. The van der Waals surface area contributed by atoms with Gasteiger partial charge in [0.1, 0.15) is 5.60 Å². The maximum Gasteiger partial charge on any atom is 0.303 e. The fourth-order valence-corrected chi connectivity index (χ4v) is 1.82. The Hall–Kier alpha value is -0.960. The molecule has 0 aliphatic rings. The van der Waals surface area contributed by atoms with E-state index in [0.717, 1.165) is 5.56 Å². The highest BCUT2D eigenvalue weighted by atomic mass is 32.2. The molecular formula is C12H16O2S. The van der Waals surface area contributed by atoms with Crippen LogP contribution >= 0.6 is 11.8 Å². The van der Waals surface area contributed by atoms with Crippen molar-refractivity contribution in [3.8, 4) is 0 Å². The molecule has 1 aromatic carbocycles. The number of thioether (sulfide) groups is 1. The van der Waals surface area contributed by atoms with Gasteiger partial charge in [0.2, 0.25) is 0 Å². The van der Waals surface area contributed by atoms with E-state index < -0.39 is 5.60 Å². The Labute approximate surface area is 95.0 Å². The highest BCUT2D eigenvalue weighted by Crippen LogP contribution is 2.26. The molecule has 0 aromatic heterocycles. The minimum Gasteiger partial charge on any atom is -0.455 e. The molecule has 82 valence electrons. The highest BCUT2D eigenvalue weighted by Gasteiger charge is 2.23. The lowest BCUT2D eigenvalue weighted by Gasteiger charge is -2.25. The first-order chi connectivity index (χ1) is 6.95. The van der Waals surface area contributed by atoms with Crippen molar-refractivity contribution in [3.05, 3.63) is 29.8 Å². The van der Waals surface area contributed by atoms with E-state index in [9.17, 15) is 4.79 Å². The third-order valence-electron chi connectivity index (χ3n) is 2.18. The van der Waals surface area contributed by atoms with Crippen LogP contribution in [0.25, 0.3) is 0 Å². The molecule has 0 spiro atoms. The van der Waals surface area contributed by atoms with E-state index in [2.05, 4.69) is 0 Å². The van der Waals surface area contributed by atoms with E-state index in [1.54, 1.807) is 11.8 Å². The van der Waals surface area contributed by atoms with Gasteiger partial charge in [-0.25, -0.2) is 0 Å². The number of hydrogen-bond donors (Lipinski definition) is 0. The van der Waals surface area contributed by atoms with Crippen LogP contribution in [-0.4, -0.2) is 12.2 Å². The van der Waals surface area contributed by atoms with Crippen LogP contribution < -0.4 is 0 Å². The molecule has 0 aliphatic carbocycles. The van der Waals surface area contributed by atoms with Crippen molar-refractivity contribution in [1.82, 2.24) is 0 Å². The number of ether oxygens (including phenoxy) is 1. The van der Waals surface area contributed by atoms with Gasteiger partial charge in [0.15, 0.2) is 0 Å². The molecular weight excluding hydrogens is 208 g/mol. The van der Waals surface area contributed by atoms with Crippen molar-refractivity contribution < 1.29 is 9.53 Å². The van der Waals surface area contributed by atoms with Gasteiger partial charge in [-0.1, -0.05) is 12.1 Å². The van der Waals surface area contributed by atoms with Crippen LogP contribution in [0, 0.1) is 0 Å². The monoisotopic (exact) mass is 224 g/mol. The van der Waals surface area contributed by atoms with Crippen LogP contribution in [0.15, 0.2) is 29.2 Å². The highest BCUT2D eigenvalue weighted by molar-refractivity contribution is 7.98. The summed E-state index contributed by atoms with van der Waals surface area (Å²) in [5.41, 5.74) is 0.457. The lowest BCUT2D eigenvalue weighted by atomic mass is 9.98. The molecule has 0 amide bonds. The van der Waals surface area contributed by atoms with Gasteiger partial charge in [0, 0.05) is 11.8 Å². The molecule has 1 aromatic rings. The quantitative estimate of drug-likeness (QED) is 0.582. The second-order valence-corrected chi connectivity index (χ2v) is 4.71. The Kier molecular flexibility index (Phi) is 3.80. The summed E-state index contributed by atoms with van der Waals surface area (Å²) in [5.74, 6) is -0.256. The molecule has 0 saturated carbocycles. The van der Waals surface area contributed by atoms with E-state index in [-0.39, 0.29) is 5.97 Å². The minimum absolute atomic E-state index is 0.256. The summed E-state index contributed by atoms with van der Waals surface area (Å²) in [6.45, 7) is 5.21. The fourth-order valence-electron chi connectivity index (χ4n) is 1.41. The Morgan fingerprint density at radius 1 is 1.27 bits per heavy atom. The molecule has 0 radical (unpaired) electrons. The summed E-state index contributed by atoms with van der Waals surface area (Å²) in [4.78, 5) is 12.1. The van der Waals surface area contributed by atoms with Crippen LogP contribution in [0.4, 0.5) is 0 Å². The van der Waals surface area contributed by atoms with E-state index in [1.165, 1.54) is 11.8 Å². The number of esters is 1. The van der Waals surface area contributed by atoms with Crippen molar-refractivity contribution in [1.29, 1.82) is 0 Å². The molecule has 0 fully saturated rings. The standard InChI is InChI=1S/C12H16O2S/c1-9(13)14-12(2,3)10-5-7-11(15-4)8-6-10/h5-8H,1-4H3. The van der Waals surface area contributed by atoms with Crippen molar-refractivity contribution in [2.75, 3.05) is 6.26 Å². The molecule has 0 unspecified atom stereocenters. The van der Waals surface area contributed by atoms with Crippen LogP contribution in [-0.2, 0) is 15.1 Å². The summed E-state index contributed by atoms with van der Waals surface area (Å²) < 4.78 is 5.25. The third kappa shape index (κ3) is 3.27. The number of carbonyl (C=O) groups excluding carboxylic acids is 1. The summed E-state index contributed by atoms with van der Waals surface area (Å²) in [7, 11) is 0. The molecule has 2 nitrogen and oxygen atoms in total. The number of hydrogen-bond acceptors (Lipinski definition) is 3. The van der Waals surface area contributed by atoms with Gasteiger partial charge in [-0.3, -0.25) is 4.79 Å². The van der Waals surface area contributed by atoms with E-state index >= 15 is 0 Å². The first kappa shape index (κ1) is 12.1. The Morgan fingerprint density at radius 3 is 2.20 bits per heavy atom. The van der Waals surface area contributed by atoms with Crippen molar-refractivity contribution in [3.63, 3.8) is 0 Å². The molecule has 3 heteroatoms. The summed E-state index contributed by atoms with van der Waals surface area (Å²) >= 11 is 1.69. The average Bonchev–Trinajstić information content (AvgIpc) is 2.16. The van der Waals surface area contributed by atoms with Gasteiger partial charge in [-0.2, -0.15) is 0 Å². The number of benzene rings is 1. The maximum absolute atomic E-state index is 10.9. The molecule has 0 N–H and O–H groups in total. The predicted molar refractivity (Wildman–Crippen MR) is 63.0 cm³/mol. The second-order valence-electron chi connectivity index (χ2n) is 3.83. The second kappa shape index (κ2) is 4.71. The SMILES string of the molecule is CSc1ccc(C(C)(C)OC(C)=O)cc1. The zero-order chi connectivity index (χ0) is 11.5. The molecule has 0 heterocycles. The third-order valence-corrected chi connectivity index (χ3v) is 2.93. The van der Waals surface area contributed by atoms with Gasteiger partial charge < -0.3 is 4.74 Å². The lowest BCUT2D eigenvalue weighted by molar-refractivity contribution is -0.154. The Bertz CT molecular complexity index is 341. The van der Waals surface area contributed by atoms with Gasteiger partial charge in [-0.15, -0.1) is 11.8 Å². The van der Waals surface area contributed by atoms with Crippen molar-refractivity contribution in [2.45, 2.75) is 31.3 Å². The average molecular weight is 224 g/mol. The zero-order valence-electron chi connectivity index (χ0n) is 9.53. The van der Waals surface area contributed by atoms with Gasteiger partial charge in [0.25, 0.3) is 0 Å². The van der Waals surface area contributed by atoms with E-state index in [4.69, 9.17) is 4.74 Å². The zero-order valence-corrected chi connectivity index (χ0v) is 10.4. The topological polar surface area (TPSA) is 26.3 Å². The number of rotatable bonds is 3. The van der Waals surface area contributed by atoms with Gasteiger partial charge in [-0.05, 0) is 37.8 Å². The maximum atomic E-state index is 10.9. The molecule has 0 aliphatic heterocycles. The van der Waals surface area contributed by atoms with Crippen LogP contribution in [0.2, 0.25) is 0 Å². The molecule has 0 bridgehead atoms. The summed E-state index contributed by atoms with van der Waals surface area (Å²) in [5, 5.41) is 0. The van der Waals surface area contributed by atoms with Crippen LogP contribution in [0.3, 0.4) is 0 Å². The Morgan fingerprint density at radius 2 is 1.80 bits per heavy atom. The fraction of sp³-hybridized carbons (Fsp3) is 0.417.